The van der Waals surface area contributed by atoms with Crippen molar-refractivity contribution in [3.8, 4) is 0 Å². The molecule has 0 spiro atoms. The Morgan fingerprint density at radius 2 is 1.82 bits per heavy atom. The maximum absolute atomic E-state index is 2.57. The summed E-state index contributed by atoms with van der Waals surface area (Å²) in [5.74, 6) is 0.908. The van der Waals surface area contributed by atoms with Crippen LogP contribution in [0.15, 0.2) is 47.2 Å². The fourth-order valence-corrected chi connectivity index (χ4v) is 18.1. The molecule has 1 saturated carbocycles. The van der Waals surface area contributed by atoms with Gasteiger partial charge in [0.2, 0.25) is 0 Å². The molecule has 4 heteroatoms. The van der Waals surface area contributed by atoms with E-state index in [-0.39, 0.29) is 24.8 Å². The summed E-state index contributed by atoms with van der Waals surface area (Å²) in [7, 11) is -1.16. The summed E-state index contributed by atoms with van der Waals surface area (Å²) in [5, 5.41) is 1.84. The van der Waals surface area contributed by atoms with E-state index in [0.29, 0.717) is 3.17 Å². The predicted octanol–water partition coefficient (Wildman–Crippen LogP) is -0.286. The predicted molar refractivity (Wildman–Crippen MR) is 87.3 cm³/mol. The zero-order valence-electron chi connectivity index (χ0n) is 14.0. The second kappa shape index (κ2) is 7.67. The smallest absolute Gasteiger partial charge is 1.00 e. The van der Waals surface area contributed by atoms with Gasteiger partial charge in [0.05, 0.1) is 0 Å². The Hall–Kier alpha value is 0.627. The molecule has 0 bridgehead atoms. The summed E-state index contributed by atoms with van der Waals surface area (Å²) in [6, 6.07) is 0. The second-order valence-corrected chi connectivity index (χ2v) is 20.0. The quantitative estimate of drug-likeness (QED) is 0.450. The Morgan fingerprint density at radius 3 is 2.50 bits per heavy atom. The Kier molecular flexibility index (Phi) is 7.21. The molecule has 3 atom stereocenters. The maximum atomic E-state index is 2.57. The van der Waals surface area contributed by atoms with Gasteiger partial charge in [0.15, 0.2) is 0 Å². The molecular formula is C18H26Cl2HfSi. The SMILES string of the molecule is C[C]1([Hf+2][CH]2CCC3CC=CC=C32)C=CC=C1[Si](C)(C)C.[Cl-].[Cl-]. The van der Waals surface area contributed by atoms with Crippen molar-refractivity contribution in [3.63, 3.8) is 0 Å². The van der Waals surface area contributed by atoms with Crippen LogP contribution < -0.4 is 24.8 Å². The van der Waals surface area contributed by atoms with Crippen molar-refractivity contribution in [3.05, 3.63) is 47.2 Å². The molecule has 0 amide bonds. The van der Waals surface area contributed by atoms with Crippen LogP contribution in [0.2, 0.25) is 26.5 Å². The largest absolute Gasteiger partial charge is 1.00 e. The number of hydrogen-bond donors (Lipinski definition) is 0. The van der Waals surface area contributed by atoms with Crippen LogP contribution in [-0.4, -0.2) is 8.07 Å². The molecule has 0 aliphatic heterocycles. The van der Waals surface area contributed by atoms with Gasteiger partial charge in [-0.1, -0.05) is 0 Å². The van der Waals surface area contributed by atoms with Gasteiger partial charge in [-0.25, -0.2) is 0 Å². The summed E-state index contributed by atoms with van der Waals surface area (Å²) >= 11 is -0.738. The first-order chi connectivity index (χ1) is 9.40. The molecule has 3 aliphatic carbocycles. The molecule has 0 saturated heterocycles. The van der Waals surface area contributed by atoms with E-state index < -0.39 is 31.0 Å². The Labute approximate surface area is 160 Å². The summed E-state index contributed by atoms with van der Waals surface area (Å²) < 4.78 is 1.53. The normalized spacial score (nSPS) is 32.4. The second-order valence-electron chi connectivity index (χ2n) is 7.69. The van der Waals surface area contributed by atoms with Crippen molar-refractivity contribution in [2.45, 2.75) is 52.7 Å². The third kappa shape index (κ3) is 3.99. The van der Waals surface area contributed by atoms with Crippen LogP contribution in [-0.2, 0) is 22.9 Å². The van der Waals surface area contributed by atoms with Gasteiger partial charge in [-0.15, -0.1) is 0 Å². The molecule has 3 rings (SSSR count). The molecule has 0 nitrogen and oxygen atoms in total. The minimum Gasteiger partial charge on any atom is -1.00 e. The average molecular weight is 520 g/mol. The van der Waals surface area contributed by atoms with Crippen LogP contribution in [0.25, 0.3) is 0 Å². The van der Waals surface area contributed by atoms with E-state index in [1.807, 2.05) is 10.8 Å². The molecule has 0 aromatic rings. The first-order valence-corrected chi connectivity index (χ1v) is 15.3. The van der Waals surface area contributed by atoms with E-state index in [9.17, 15) is 0 Å². The summed E-state index contributed by atoms with van der Waals surface area (Å²) in [6.45, 7) is 10.1. The minimum atomic E-state index is -1.16. The third-order valence-corrected chi connectivity index (χ3v) is 15.5. The van der Waals surface area contributed by atoms with Crippen molar-refractivity contribution in [1.82, 2.24) is 0 Å². The van der Waals surface area contributed by atoms with Crippen molar-refractivity contribution in [1.29, 1.82) is 0 Å². The van der Waals surface area contributed by atoms with Crippen molar-refractivity contribution in [2.24, 2.45) is 5.92 Å². The zero-order chi connectivity index (χ0) is 14.4. The van der Waals surface area contributed by atoms with E-state index in [0.717, 1.165) is 9.59 Å². The van der Waals surface area contributed by atoms with Crippen LogP contribution in [0.3, 0.4) is 0 Å². The Morgan fingerprint density at radius 1 is 1.09 bits per heavy atom. The van der Waals surface area contributed by atoms with Gasteiger partial charge >= 0.3 is 137 Å². The van der Waals surface area contributed by atoms with Crippen molar-refractivity contribution >= 4 is 8.07 Å². The van der Waals surface area contributed by atoms with Crippen LogP contribution in [0.1, 0.15) is 26.2 Å². The number of rotatable bonds is 3. The molecule has 120 valence electrons. The molecule has 3 unspecified atom stereocenters. The molecule has 0 radical (unpaired) electrons. The minimum absolute atomic E-state index is 0. The average Bonchev–Trinajstić information content (AvgIpc) is 2.94. The van der Waals surface area contributed by atoms with Gasteiger partial charge < -0.3 is 24.8 Å². The fraction of sp³-hybridized carbons (Fsp3) is 0.556. The standard InChI is InChI=1S/C9H15Si.C9H11.2ClH.Hf/c1-8-6-5-7-9(8)10(2,3)4;1-2-5-9-7-3-6-8(9)4-1;;;/h5-7H,1-4H3;1-2,4,6,9H,3,5,7H2;2*1H;/q;;;;+2/p-2. The first kappa shape index (κ1) is 20.7. The fourth-order valence-electron chi connectivity index (χ4n) is 4.19. The van der Waals surface area contributed by atoms with Gasteiger partial charge in [0.25, 0.3) is 0 Å². The maximum Gasteiger partial charge on any atom is -1.00 e. The third-order valence-electron chi connectivity index (χ3n) is 5.06. The Balaban J connectivity index is 0.00000121. The number of allylic oxidation sites excluding steroid dienone is 8. The van der Waals surface area contributed by atoms with E-state index in [2.05, 4.69) is 63.0 Å². The van der Waals surface area contributed by atoms with Crippen LogP contribution in [0.4, 0.5) is 0 Å². The summed E-state index contributed by atoms with van der Waals surface area (Å²) in [4.78, 5) is 0. The van der Waals surface area contributed by atoms with E-state index in [4.69, 9.17) is 0 Å². The van der Waals surface area contributed by atoms with Gasteiger partial charge in [0.1, 0.15) is 0 Å². The topological polar surface area (TPSA) is 0 Å². The van der Waals surface area contributed by atoms with Crippen molar-refractivity contribution < 1.29 is 47.7 Å². The van der Waals surface area contributed by atoms with Gasteiger partial charge in [-0.3, -0.25) is 0 Å². The van der Waals surface area contributed by atoms with Gasteiger partial charge in [-0.05, 0) is 0 Å². The molecule has 0 aromatic carbocycles. The number of halogens is 2. The molecule has 0 N–H and O–H groups in total. The number of fused-ring (bicyclic) bond motifs is 1. The van der Waals surface area contributed by atoms with Gasteiger partial charge in [0, 0.05) is 0 Å². The monoisotopic (exact) mass is 520 g/mol. The molecule has 0 aromatic heterocycles. The van der Waals surface area contributed by atoms with Crippen LogP contribution >= 0.6 is 0 Å². The van der Waals surface area contributed by atoms with Crippen LogP contribution in [0, 0.1) is 5.92 Å². The number of hydrogen-bond acceptors (Lipinski definition) is 0. The molecule has 22 heavy (non-hydrogen) atoms. The summed E-state index contributed by atoms with van der Waals surface area (Å²) in [5.41, 5.74) is 1.84. The molecule has 0 heterocycles. The van der Waals surface area contributed by atoms with Crippen LogP contribution in [0.5, 0.6) is 0 Å². The van der Waals surface area contributed by atoms with Crippen molar-refractivity contribution in [2.75, 3.05) is 0 Å². The van der Waals surface area contributed by atoms with Gasteiger partial charge in [-0.2, -0.15) is 0 Å². The van der Waals surface area contributed by atoms with E-state index in [1.54, 1.807) is 0 Å². The van der Waals surface area contributed by atoms with E-state index in [1.165, 1.54) is 19.3 Å². The first-order valence-electron chi connectivity index (χ1n) is 7.95. The Bertz CT molecular complexity index is 528. The zero-order valence-corrected chi connectivity index (χ0v) is 20.1. The summed E-state index contributed by atoms with van der Waals surface area (Å²) in [6.07, 6.45) is 18.8. The molecule has 3 aliphatic rings. The molecular weight excluding hydrogens is 494 g/mol. The van der Waals surface area contributed by atoms with E-state index >= 15 is 0 Å². The molecule has 1 fully saturated rings.